The van der Waals surface area contributed by atoms with Crippen molar-refractivity contribution in [2.45, 2.75) is 27.7 Å². The molecule has 1 rings (SSSR count). The molecule has 1 aliphatic rings. The molecule has 72 valence electrons. The summed E-state index contributed by atoms with van der Waals surface area (Å²) in [5.74, 6) is -0.178. The van der Waals surface area contributed by atoms with Gasteiger partial charge < -0.3 is 4.74 Å². The van der Waals surface area contributed by atoms with Gasteiger partial charge in [-0.05, 0) is 19.9 Å². The number of ether oxygens (including phenoxy) is 1. The molecule has 0 aromatic heterocycles. The standard InChI is InChI=1S/C11H16O2/c1-8(2)5-6-13-10(12)9-7-11(9,3)4/h5,7H,6H2,1-4H3. The van der Waals surface area contributed by atoms with Gasteiger partial charge in [-0.1, -0.05) is 25.5 Å². The van der Waals surface area contributed by atoms with E-state index in [9.17, 15) is 4.79 Å². The normalized spacial score (nSPS) is 17.4. The van der Waals surface area contributed by atoms with Crippen molar-refractivity contribution in [1.29, 1.82) is 0 Å². The zero-order valence-electron chi connectivity index (χ0n) is 8.68. The largest absolute Gasteiger partial charge is 0.458 e. The third-order valence-electron chi connectivity index (χ3n) is 2.04. The Balaban J connectivity index is 2.29. The summed E-state index contributed by atoms with van der Waals surface area (Å²) in [6, 6.07) is 0. The lowest BCUT2D eigenvalue weighted by atomic mass is 10.1. The second-order valence-electron chi connectivity index (χ2n) is 4.16. The van der Waals surface area contributed by atoms with Crippen molar-refractivity contribution in [3.63, 3.8) is 0 Å². The summed E-state index contributed by atoms with van der Waals surface area (Å²) >= 11 is 0. The monoisotopic (exact) mass is 180 g/mol. The smallest absolute Gasteiger partial charge is 0.334 e. The van der Waals surface area contributed by atoms with Gasteiger partial charge in [0.2, 0.25) is 0 Å². The van der Waals surface area contributed by atoms with Gasteiger partial charge in [0.05, 0.1) is 0 Å². The highest BCUT2D eigenvalue weighted by atomic mass is 16.5. The highest BCUT2D eigenvalue weighted by molar-refractivity contribution is 5.95. The predicted molar refractivity (Wildman–Crippen MR) is 52.3 cm³/mol. The molecule has 0 N–H and O–H groups in total. The molecule has 0 aromatic carbocycles. The second-order valence-corrected chi connectivity index (χ2v) is 4.16. The first-order valence-corrected chi connectivity index (χ1v) is 4.47. The van der Waals surface area contributed by atoms with Gasteiger partial charge >= 0.3 is 5.97 Å². The zero-order chi connectivity index (χ0) is 10.1. The number of carbonyl (C=O) groups is 1. The Morgan fingerprint density at radius 2 is 2.08 bits per heavy atom. The Bertz CT molecular complexity index is 278. The van der Waals surface area contributed by atoms with E-state index in [0.29, 0.717) is 6.61 Å². The van der Waals surface area contributed by atoms with Crippen molar-refractivity contribution < 1.29 is 9.53 Å². The van der Waals surface area contributed by atoms with Crippen LogP contribution in [0.4, 0.5) is 0 Å². The van der Waals surface area contributed by atoms with Crippen molar-refractivity contribution in [3.05, 3.63) is 23.3 Å². The average molecular weight is 180 g/mol. The molecular formula is C11H16O2. The number of allylic oxidation sites excluding steroid dienone is 2. The molecule has 1 aliphatic carbocycles. The number of carbonyl (C=O) groups excluding carboxylic acids is 1. The molecule has 0 spiro atoms. The van der Waals surface area contributed by atoms with Crippen LogP contribution in [0.5, 0.6) is 0 Å². The van der Waals surface area contributed by atoms with Crippen LogP contribution in [0.25, 0.3) is 0 Å². The molecule has 2 nitrogen and oxygen atoms in total. The Kier molecular flexibility index (Phi) is 2.60. The van der Waals surface area contributed by atoms with Crippen LogP contribution in [-0.2, 0) is 9.53 Å². The fourth-order valence-electron chi connectivity index (χ4n) is 1.01. The lowest BCUT2D eigenvalue weighted by molar-refractivity contribution is -0.137. The maximum atomic E-state index is 11.3. The summed E-state index contributed by atoms with van der Waals surface area (Å²) in [6.45, 7) is 8.35. The van der Waals surface area contributed by atoms with Crippen LogP contribution in [-0.4, -0.2) is 12.6 Å². The lowest BCUT2D eigenvalue weighted by Crippen LogP contribution is -2.07. The van der Waals surface area contributed by atoms with Crippen LogP contribution in [0.15, 0.2) is 23.3 Å². The Morgan fingerprint density at radius 3 is 2.46 bits per heavy atom. The number of esters is 1. The molecule has 0 fully saturated rings. The summed E-state index contributed by atoms with van der Waals surface area (Å²) in [5, 5.41) is 0. The van der Waals surface area contributed by atoms with Gasteiger partial charge in [0.1, 0.15) is 6.61 Å². The van der Waals surface area contributed by atoms with Crippen molar-refractivity contribution in [3.8, 4) is 0 Å². The number of hydrogen-bond donors (Lipinski definition) is 0. The van der Waals surface area contributed by atoms with Gasteiger partial charge in [0.25, 0.3) is 0 Å². The lowest BCUT2D eigenvalue weighted by Gasteiger charge is -2.03. The van der Waals surface area contributed by atoms with E-state index < -0.39 is 0 Å². The highest BCUT2D eigenvalue weighted by Gasteiger charge is 2.39. The van der Waals surface area contributed by atoms with E-state index in [-0.39, 0.29) is 11.4 Å². The molecule has 0 aromatic rings. The van der Waals surface area contributed by atoms with Crippen molar-refractivity contribution in [2.75, 3.05) is 6.61 Å². The van der Waals surface area contributed by atoms with Crippen LogP contribution < -0.4 is 0 Å². The number of rotatable bonds is 3. The minimum atomic E-state index is -0.178. The molecule has 0 heterocycles. The Labute approximate surface area is 79.3 Å². The second kappa shape index (κ2) is 3.36. The molecule has 0 bridgehead atoms. The van der Waals surface area contributed by atoms with E-state index >= 15 is 0 Å². The molecular weight excluding hydrogens is 164 g/mol. The fraction of sp³-hybridized carbons (Fsp3) is 0.545. The van der Waals surface area contributed by atoms with E-state index in [2.05, 4.69) is 0 Å². The first-order valence-electron chi connectivity index (χ1n) is 4.47. The Hall–Kier alpha value is -1.05. The van der Waals surface area contributed by atoms with E-state index in [0.717, 1.165) is 11.1 Å². The molecule has 0 radical (unpaired) electrons. The van der Waals surface area contributed by atoms with E-state index in [4.69, 9.17) is 4.74 Å². The summed E-state index contributed by atoms with van der Waals surface area (Å²) in [6.07, 6.45) is 3.83. The van der Waals surface area contributed by atoms with Crippen molar-refractivity contribution >= 4 is 5.97 Å². The average Bonchev–Trinajstić information content (AvgIpc) is 2.59. The van der Waals surface area contributed by atoms with Gasteiger partial charge in [-0.3, -0.25) is 0 Å². The van der Waals surface area contributed by atoms with Crippen LogP contribution in [0, 0.1) is 5.41 Å². The fourth-order valence-corrected chi connectivity index (χ4v) is 1.01. The molecule has 0 unspecified atom stereocenters. The molecule has 13 heavy (non-hydrogen) atoms. The number of hydrogen-bond acceptors (Lipinski definition) is 2. The first-order chi connectivity index (χ1) is 5.93. The van der Waals surface area contributed by atoms with Gasteiger partial charge in [-0.15, -0.1) is 0 Å². The third-order valence-corrected chi connectivity index (χ3v) is 2.04. The van der Waals surface area contributed by atoms with Gasteiger partial charge in [0, 0.05) is 11.0 Å². The SMILES string of the molecule is CC(C)=CCOC(=O)C1=CC1(C)C. The van der Waals surface area contributed by atoms with Crippen LogP contribution in [0.1, 0.15) is 27.7 Å². The van der Waals surface area contributed by atoms with Crippen molar-refractivity contribution in [1.82, 2.24) is 0 Å². The maximum absolute atomic E-state index is 11.3. The molecule has 0 aliphatic heterocycles. The Morgan fingerprint density at radius 1 is 1.54 bits per heavy atom. The van der Waals surface area contributed by atoms with Crippen LogP contribution in [0.3, 0.4) is 0 Å². The maximum Gasteiger partial charge on any atom is 0.334 e. The van der Waals surface area contributed by atoms with Gasteiger partial charge in [-0.2, -0.15) is 0 Å². The first kappa shape index (κ1) is 10.0. The van der Waals surface area contributed by atoms with Crippen LogP contribution in [0.2, 0.25) is 0 Å². The van der Waals surface area contributed by atoms with E-state index in [1.807, 2.05) is 39.8 Å². The molecule has 0 saturated carbocycles. The summed E-state index contributed by atoms with van der Waals surface area (Å²) in [4.78, 5) is 11.3. The highest BCUT2D eigenvalue weighted by Crippen LogP contribution is 2.43. The van der Waals surface area contributed by atoms with Crippen LogP contribution >= 0.6 is 0 Å². The summed E-state index contributed by atoms with van der Waals surface area (Å²) < 4.78 is 5.03. The minimum Gasteiger partial charge on any atom is -0.458 e. The van der Waals surface area contributed by atoms with Crippen molar-refractivity contribution in [2.24, 2.45) is 5.41 Å². The van der Waals surface area contributed by atoms with Gasteiger partial charge in [0.15, 0.2) is 0 Å². The molecule has 2 heteroatoms. The quantitative estimate of drug-likeness (QED) is 0.492. The van der Waals surface area contributed by atoms with Gasteiger partial charge in [-0.25, -0.2) is 4.79 Å². The predicted octanol–water partition coefficient (Wildman–Crippen LogP) is 2.46. The zero-order valence-corrected chi connectivity index (χ0v) is 8.68. The molecule has 0 atom stereocenters. The minimum absolute atomic E-state index is 0.0257. The molecule has 0 saturated heterocycles. The van der Waals surface area contributed by atoms with E-state index in [1.165, 1.54) is 0 Å². The topological polar surface area (TPSA) is 26.3 Å². The third kappa shape index (κ3) is 2.72. The summed E-state index contributed by atoms with van der Waals surface area (Å²) in [5.41, 5.74) is 1.94. The summed E-state index contributed by atoms with van der Waals surface area (Å²) in [7, 11) is 0. The molecule has 0 amide bonds. The van der Waals surface area contributed by atoms with E-state index in [1.54, 1.807) is 0 Å².